The summed E-state index contributed by atoms with van der Waals surface area (Å²) in [5.41, 5.74) is 4.89. The molecule has 0 saturated carbocycles. The monoisotopic (exact) mass is 410 g/mol. The molecule has 0 fully saturated rings. The fourth-order valence-electron chi connectivity index (χ4n) is 2.66. The molecule has 0 aliphatic heterocycles. The molecule has 21 heavy (non-hydrogen) atoms. The Kier molecular flexibility index (Phi) is 4.50. The third-order valence-corrected chi connectivity index (χ3v) is 4.65. The number of halogens is 2. The molecule has 4 heteroatoms. The van der Waals surface area contributed by atoms with Crippen LogP contribution in [0, 0.1) is 3.57 Å². The summed E-state index contributed by atoms with van der Waals surface area (Å²) < 4.78 is 3.42. The van der Waals surface area contributed by atoms with E-state index in [4.69, 9.17) is 11.6 Å². The lowest BCUT2D eigenvalue weighted by Crippen LogP contribution is -2.06. The summed E-state index contributed by atoms with van der Waals surface area (Å²) >= 11 is 8.41. The van der Waals surface area contributed by atoms with Gasteiger partial charge in [-0.2, -0.15) is 0 Å². The number of nitrogens with zero attached hydrogens (tertiary/aromatic N) is 2. The number of benzene rings is 2. The van der Waals surface area contributed by atoms with Gasteiger partial charge in [-0.1, -0.05) is 31.2 Å². The van der Waals surface area contributed by atoms with Gasteiger partial charge in [0.1, 0.15) is 5.82 Å². The number of rotatable bonds is 4. The van der Waals surface area contributed by atoms with Crippen molar-refractivity contribution in [2.24, 2.45) is 0 Å². The smallest absolute Gasteiger partial charge is 0.125 e. The lowest BCUT2D eigenvalue weighted by molar-refractivity contribution is 0.770. The van der Waals surface area contributed by atoms with Crippen molar-refractivity contribution in [1.82, 2.24) is 9.55 Å². The maximum atomic E-state index is 6.10. The van der Waals surface area contributed by atoms with Crippen LogP contribution < -0.4 is 0 Å². The number of imidazole rings is 1. The summed E-state index contributed by atoms with van der Waals surface area (Å²) in [6, 6.07) is 14.9. The quantitative estimate of drug-likeness (QED) is 0.438. The van der Waals surface area contributed by atoms with Crippen molar-refractivity contribution < 1.29 is 0 Å². The zero-order chi connectivity index (χ0) is 14.8. The molecule has 0 aliphatic rings. The Labute approximate surface area is 143 Å². The molecule has 0 N–H and O–H groups in total. The Morgan fingerprint density at radius 3 is 2.62 bits per heavy atom. The van der Waals surface area contributed by atoms with Gasteiger partial charge in [0.2, 0.25) is 0 Å². The number of hydrogen-bond acceptors (Lipinski definition) is 1. The van der Waals surface area contributed by atoms with E-state index in [0.29, 0.717) is 5.88 Å². The Morgan fingerprint density at radius 1 is 1.14 bits per heavy atom. The molecule has 3 rings (SSSR count). The van der Waals surface area contributed by atoms with E-state index in [9.17, 15) is 0 Å². The second kappa shape index (κ2) is 6.36. The lowest BCUT2D eigenvalue weighted by Gasteiger charge is -2.11. The van der Waals surface area contributed by atoms with E-state index in [0.717, 1.165) is 29.8 Å². The van der Waals surface area contributed by atoms with Gasteiger partial charge in [0.05, 0.1) is 16.9 Å². The van der Waals surface area contributed by atoms with Crippen LogP contribution in [-0.2, 0) is 18.8 Å². The molecule has 108 valence electrons. The molecular formula is C17H16ClIN2. The van der Waals surface area contributed by atoms with Crippen molar-refractivity contribution in [2.45, 2.75) is 25.8 Å². The molecule has 0 amide bonds. The van der Waals surface area contributed by atoms with Gasteiger partial charge >= 0.3 is 0 Å². The number of aryl methyl sites for hydroxylation is 1. The van der Waals surface area contributed by atoms with Gasteiger partial charge in [0, 0.05) is 10.1 Å². The minimum Gasteiger partial charge on any atom is -0.322 e. The number of hydrogen-bond donors (Lipinski definition) is 0. The Balaban J connectivity index is 2.11. The highest BCUT2D eigenvalue weighted by atomic mass is 127. The van der Waals surface area contributed by atoms with Gasteiger partial charge in [-0.3, -0.25) is 0 Å². The zero-order valence-corrected chi connectivity index (χ0v) is 14.7. The molecule has 0 aliphatic carbocycles. The lowest BCUT2D eigenvalue weighted by atomic mass is 10.1. The highest BCUT2D eigenvalue weighted by molar-refractivity contribution is 14.1. The summed E-state index contributed by atoms with van der Waals surface area (Å²) in [5, 5.41) is 0. The van der Waals surface area contributed by atoms with Gasteiger partial charge < -0.3 is 4.57 Å². The Morgan fingerprint density at radius 2 is 1.90 bits per heavy atom. The molecule has 0 unspecified atom stereocenters. The molecule has 0 atom stereocenters. The third kappa shape index (κ3) is 2.94. The second-order valence-electron chi connectivity index (χ2n) is 5.00. The molecule has 0 bridgehead atoms. The molecule has 0 saturated heterocycles. The van der Waals surface area contributed by atoms with Crippen molar-refractivity contribution in [1.29, 1.82) is 0 Å². The molecule has 3 aromatic rings. The van der Waals surface area contributed by atoms with Crippen LogP contribution in [0.4, 0.5) is 0 Å². The molecule has 1 heterocycles. The SMILES string of the molecule is CCc1ccccc1Cn1c(CCl)nc2cc(I)ccc21. The van der Waals surface area contributed by atoms with Crippen LogP contribution >= 0.6 is 34.2 Å². The summed E-state index contributed by atoms with van der Waals surface area (Å²) in [7, 11) is 0. The highest BCUT2D eigenvalue weighted by Crippen LogP contribution is 2.22. The molecule has 2 aromatic carbocycles. The first-order valence-corrected chi connectivity index (χ1v) is 8.61. The van der Waals surface area contributed by atoms with E-state index in [1.807, 2.05) is 0 Å². The fourth-order valence-corrected chi connectivity index (χ4v) is 3.34. The van der Waals surface area contributed by atoms with E-state index in [1.165, 1.54) is 14.7 Å². The van der Waals surface area contributed by atoms with Crippen LogP contribution in [0.5, 0.6) is 0 Å². The van der Waals surface area contributed by atoms with Crippen molar-refractivity contribution in [3.8, 4) is 0 Å². The van der Waals surface area contributed by atoms with Crippen molar-refractivity contribution in [2.75, 3.05) is 0 Å². The van der Waals surface area contributed by atoms with E-state index < -0.39 is 0 Å². The number of aromatic nitrogens is 2. The summed E-state index contributed by atoms with van der Waals surface area (Å²) in [6.07, 6.45) is 1.04. The maximum absolute atomic E-state index is 6.10. The van der Waals surface area contributed by atoms with Crippen molar-refractivity contribution in [3.05, 3.63) is 63.0 Å². The first kappa shape index (κ1) is 14.9. The largest absolute Gasteiger partial charge is 0.322 e. The van der Waals surface area contributed by atoms with Gasteiger partial charge in [0.15, 0.2) is 0 Å². The molecule has 1 aromatic heterocycles. The summed E-state index contributed by atoms with van der Waals surface area (Å²) in [6.45, 7) is 3.01. The second-order valence-corrected chi connectivity index (χ2v) is 6.52. The topological polar surface area (TPSA) is 17.8 Å². The zero-order valence-electron chi connectivity index (χ0n) is 11.8. The molecule has 2 nitrogen and oxygen atoms in total. The minimum absolute atomic E-state index is 0.430. The maximum Gasteiger partial charge on any atom is 0.125 e. The normalized spacial score (nSPS) is 11.2. The van der Waals surface area contributed by atoms with Gasteiger partial charge in [0.25, 0.3) is 0 Å². The third-order valence-electron chi connectivity index (χ3n) is 3.74. The van der Waals surface area contributed by atoms with E-state index in [-0.39, 0.29) is 0 Å². The van der Waals surface area contributed by atoms with Crippen LogP contribution in [0.3, 0.4) is 0 Å². The first-order valence-electron chi connectivity index (χ1n) is 7.00. The summed E-state index contributed by atoms with van der Waals surface area (Å²) in [5.74, 6) is 1.36. The van der Waals surface area contributed by atoms with Crippen molar-refractivity contribution >= 4 is 45.2 Å². The van der Waals surface area contributed by atoms with Crippen LogP contribution in [0.1, 0.15) is 23.9 Å². The number of fused-ring (bicyclic) bond motifs is 1. The van der Waals surface area contributed by atoms with Gasteiger partial charge in [-0.15, -0.1) is 11.6 Å². The van der Waals surface area contributed by atoms with Crippen molar-refractivity contribution in [3.63, 3.8) is 0 Å². The average Bonchev–Trinajstić information content (AvgIpc) is 2.84. The fraction of sp³-hybridized carbons (Fsp3) is 0.235. The van der Waals surface area contributed by atoms with Gasteiger partial charge in [-0.05, 0) is 58.3 Å². The standard InChI is InChI=1S/C17H16ClIN2/c1-2-12-5-3-4-6-13(12)11-21-16-8-7-14(19)9-15(16)20-17(21)10-18/h3-9H,2,10-11H2,1H3. The minimum atomic E-state index is 0.430. The Bertz CT molecular complexity index is 780. The van der Waals surface area contributed by atoms with E-state index in [1.54, 1.807) is 0 Å². The molecular weight excluding hydrogens is 395 g/mol. The van der Waals surface area contributed by atoms with Crippen LogP contribution in [0.2, 0.25) is 0 Å². The van der Waals surface area contributed by atoms with Crippen LogP contribution in [0.15, 0.2) is 42.5 Å². The van der Waals surface area contributed by atoms with Crippen LogP contribution in [-0.4, -0.2) is 9.55 Å². The van der Waals surface area contributed by atoms with E-state index >= 15 is 0 Å². The molecule has 0 spiro atoms. The average molecular weight is 411 g/mol. The Hall–Kier alpha value is -1.07. The number of alkyl halides is 1. The van der Waals surface area contributed by atoms with E-state index in [2.05, 4.69) is 81.5 Å². The summed E-state index contributed by atoms with van der Waals surface area (Å²) in [4.78, 5) is 4.67. The highest BCUT2D eigenvalue weighted by Gasteiger charge is 2.11. The predicted molar refractivity (Wildman–Crippen MR) is 96.9 cm³/mol. The molecule has 0 radical (unpaired) electrons. The van der Waals surface area contributed by atoms with Gasteiger partial charge in [-0.25, -0.2) is 4.98 Å². The van der Waals surface area contributed by atoms with Crippen LogP contribution in [0.25, 0.3) is 11.0 Å². The predicted octanol–water partition coefficient (Wildman–Crippen LogP) is 4.99. The first-order chi connectivity index (χ1) is 10.2.